The summed E-state index contributed by atoms with van der Waals surface area (Å²) in [7, 11) is 0. The number of hydrogen-bond donors (Lipinski definition) is 0. The van der Waals surface area contributed by atoms with Crippen LogP contribution < -0.4 is 0 Å². The van der Waals surface area contributed by atoms with Gasteiger partial charge in [-0.2, -0.15) is 0 Å². The first-order chi connectivity index (χ1) is 33.0. The summed E-state index contributed by atoms with van der Waals surface area (Å²) < 4.78 is 0. The van der Waals surface area contributed by atoms with E-state index in [0.29, 0.717) is 17.5 Å². The lowest BCUT2D eigenvalue weighted by molar-refractivity contribution is 0.660. The van der Waals surface area contributed by atoms with Crippen molar-refractivity contribution in [2.75, 3.05) is 0 Å². The Morgan fingerprint density at radius 3 is 1.22 bits per heavy atom. The Balaban J connectivity index is 0.850. The van der Waals surface area contributed by atoms with E-state index in [2.05, 4.69) is 214 Å². The van der Waals surface area contributed by atoms with Crippen LogP contribution in [0.25, 0.3) is 112 Å². The van der Waals surface area contributed by atoms with E-state index in [1.54, 1.807) is 0 Å². The molecule has 3 nitrogen and oxygen atoms in total. The van der Waals surface area contributed by atoms with E-state index in [4.69, 9.17) is 15.0 Å². The van der Waals surface area contributed by atoms with Crippen molar-refractivity contribution < 1.29 is 0 Å². The molecular formula is C64H45N3. The van der Waals surface area contributed by atoms with Crippen molar-refractivity contribution in [1.29, 1.82) is 0 Å². The monoisotopic (exact) mass is 855 g/mol. The first-order valence-corrected chi connectivity index (χ1v) is 23.0. The van der Waals surface area contributed by atoms with Crippen LogP contribution in [0.2, 0.25) is 0 Å². The van der Waals surface area contributed by atoms with E-state index < -0.39 is 0 Å². The average molecular weight is 856 g/mol. The summed E-state index contributed by atoms with van der Waals surface area (Å²) in [5.74, 6) is 1.91. The fourth-order valence-corrected chi connectivity index (χ4v) is 10.1. The zero-order valence-electron chi connectivity index (χ0n) is 37.4. The van der Waals surface area contributed by atoms with Gasteiger partial charge < -0.3 is 0 Å². The molecule has 316 valence electrons. The normalized spacial score (nSPS) is 12.4. The molecule has 0 bridgehead atoms. The Kier molecular flexibility index (Phi) is 9.84. The summed E-state index contributed by atoms with van der Waals surface area (Å²) >= 11 is 0. The van der Waals surface area contributed by atoms with Crippen molar-refractivity contribution in [2.45, 2.75) is 19.3 Å². The quantitative estimate of drug-likeness (QED) is 0.153. The Bertz CT molecular complexity index is 3610. The molecule has 0 N–H and O–H groups in total. The van der Waals surface area contributed by atoms with Crippen LogP contribution in [0.15, 0.2) is 237 Å². The van der Waals surface area contributed by atoms with Crippen LogP contribution in [-0.2, 0) is 5.41 Å². The van der Waals surface area contributed by atoms with Crippen LogP contribution in [0.1, 0.15) is 25.0 Å². The van der Waals surface area contributed by atoms with E-state index in [0.717, 1.165) is 33.4 Å². The van der Waals surface area contributed by atoms with Crippen molar-refractivity contribution in [3.05, 3.63) is 248 Å². The molecule has 12 rings (SSSR count). The molecule has 11 aromatic rings. The largest absolute Gasteiger partial charge is 0.208 e. The number of nitrogens with zero attached hydrogens (tertiary/aromatic N) is 3. The minimum absolute atomic E-state index is 0.0208. The topological polar surface area (TPSA) is 38.7 Å². The zero-order chi connectivity index (χ0) is 44.9. The van der Waals surface area contributed by atoms with Gasteiger partial charge in [0.05, 0.1) is 0 Å². The highest BCUT2D eigenvalue weighted by atomic mass is 15.0. The second-order valence-corrected chi connectivity index (χ2v) is 18.0. The molecule has 1 aliphatic carbocycles. The van der Waals surface area contributed by atoms with Crippen LogP contribution in [0, 0.1) is 0 Å². The highest BCUT2D eigenvalue weighted by molar-refractivity contribution is 6.05. The molecule has 0 aliphatic heterocycles. The van der Waals surface area contributed by atoms with Crippen molar-refractivity contribution in [3.63, 3.8) is 0 Å². The Hall–Kier alpha value is -8.53. The molecule has 0 saturated heterocycles. The third kappa shape index (κ3) is 7.22. The molecule has 0 amide bonds. The smallest absolute Gasteiger partial charge is 0.164 e. The highest BCUT2D eigenvalue weighted by Crippen LogP contribution is 2.52. The molecule has 1 aromatic heterocycles. The molecular weight excluding hydrogens is 811 g/mol. The van der Waals surface area contributed by atoms with Crippen molar-refractivity contribution in [3.8, 4) is 101 Å². The predicted octanol–water partition coefficient (Wildman–Crippen LogP) is 16.7. The van der Waals surface area contributed by atoms with Crippen molar-refractivity contribution in [1.82, 2.24) is 15.0 Å². The number of aromatic nitrogens is 3. The summed E-state index contributed by atoms with van der Waals surface area (Å²) in [6.07, 6.45) is 0. The summed E-state index contributed by atoms with van der Waals surface area (Å²) in [6.45, 7) is 4.68. The van der Waals surface area contributed by atoms with Gasteiger partial charge in [-0.05, 0) is 94.7 Å². The second-order valence-electron chi connectivity index (χ2n) is 18.0. The molecule has 1 aliphatic rings. The minimum atomic E-state index is -0.0208. The third-order valence-corrected chi connectivity index (χ3v) is 13.6. The SMILES string of the molecule is CC1(C)c2ccccc2-c2c(-c3ccc(-c4ccc(-c5cccc6c(-c7cccc(-c8nc(-c9ccccc9)nc(-c9ccc(-c%10ccccc%10)cc9)n8)c7)cccc56)cc4)cc3)cccc21. The van der Waals surface area contributed by atoms with Gasteiger partial charge in [0.25, 0.3) is 0 Å². The number of benzene rings is 10. The fraction of sp³-hybridized carbons (Fsp3) is 0.0469. The van der Waals surface area contributed by atoms with E-state index in [-0.39, 0.29) is 5.41 Å². The molecule has 67 heavy (non-hydrogen) atoms. The maximum Gasteiger partial charge on any atom is 0.164 e. The van der Waals surface area contributed by atoms with Gasteiger partial charge in [0.1, 0.15) is 0 Å². The first kappa shape index (κ1) is 40.0. The van der Waals surface area contributed by atoms with E-state index in [9.17, 15) is 0 Å². The van der Waals surface area contributed by atoms with Gasteiger partial charge in [-0.1, -0.05) is 244 Å². The lowest BCUT2D eigenvalue weighted by atomic mass is 9.82. The summed E-state index contributed by atoms with van der Waals surface area (Å²) in [6, 6.07) is 84.6. The summed E-state index contributed by atoms with van der Waals surface area (Å²) in [5.41, 5.74) is 20.2. The number of fused-ring (bicyclic) bond motifs is 4. The van der Waals surface area contributed by atoms with Gasteiger partial charge in [0, 0.05) is 22.1 Å². The van der Waals surface area contributed by atoms with Crippen LogP contribution in [0.4, 0.5) is 0 Å². The van der Waals surface area contributed by atoms with Gasteiger partial charge in [0.2, 0.25) is 0 Å². The Morgan fingerprint density at radius 1 is 0.254 bits per heavy atom. The van der Waals surface area contributed by atoms with Crippen LogP contribution in [0.5, 0.6) is 0 Å². The lowest BCUT2D eigenvalue weighted by Gasteiger charge is -2.21. The van der Waals surface area contributed by atoms with Gasteiger partial charge in [0.15, 0.2) is 17.5 Å². The third-order valence-electron chi connectivity index (χ3n) is 13.6. The standard InChI is InChI=1S/C64H45N3/c1-64(2)58-27-10-9-21-57(58)60-54(24-14-28-59(60)64)47-37-31-45(32-38-47)44-29-35-46(36-30-44)52-22-12-26-56-53(23-13-25-55(52)56)50-19-11-20-51(41-50)63-66-61(48-17-7-4-8-18-48)65-62(67-63)49-39-33-43(34-40-49)42-15-5-3-6-16-42/h3-41H,1-2H3. The molecule has 0 radical (unpaired) electrons. The summed E-state index contributed by atoms with van der Waals surface area (Å²) in [4.78, 5) is 15.2. The molecule has 0 spiro atoms. The van der Waals surface area contributed by atoms with Gasteiger partial charge in [-0.3, -0.25) is 0 Å². The average Bonchev–Trinajstić information content (AvgIpc) is 3.64. The van der Waals surface area contributed by atoms with Crippen molar-refractivity contribution in [2.24, 2.45) is 0 Å². The number of hydrogen-bond acceptors (Lipinski definition) is 3. The molecule has 0 unspecified atom stereocenters. The first-order valence-electron chi connectivity index (χ1n) is 23.0. The van der Waals surface area contributed by atoms with Crippen molar-refractivity contribution >= 4 is 10.8 Å². The molecule has 0 fully saturated rings. The van der Waals surface area contributed by atoms with Crippen LogP contribution in [0.3, 0.4) is 0 Å². The van der Waals surface area contributed by atoms with E-state index in [1.165, 1.54) is 72.0 Å². The van der Waals surface area contributed by atoms with E-state index in [1.807, 2.05) is 36.4 Å². The molecule has 1 heterocycles. The fourth-order valence-electron chi connectivity index (χ4n) is 10.1. The molecule has 0 saturated carbocycles. The maximum absolute atomic E-state index is 5.10. The zero-order valence-corrected chi connectivity index (χ0v) is 37.4. The molecule has 10 aromatic carbocycles. The second kappa shape index (κ2) is 16.5. The van der Waals surface area contributed by atoms with Gasteiger partial charge >= 0.3 is 0 Å². The maximum atomic E-state index is 5.10. The Labute approximate surface area is 391 Å². The predicted molar refractivity (Wildman–Crippen MR) is 278 cm³/mol. The summed E-state index contributed by atoms with van der Waals surface area (Å²) in [5, 5.41) is 2.39. The number of rotatable bonds is 8. The Morgan fingerprint density at radius 2 is 0.612 bits per heavy atom. The van der Waals surface area contributed by atoms with Crippen LogP contribution >= 0.6 is 0 Å². The van der Waals surface area contributed by atoms with E-state index >= 15 is 0 Å². The highest BCUT2D eigenvalue weighted by Gasteiger charge is 2.36. The molecule has 3 heteroatoms. The van der Waals surface area contributed by atoms with Gasteiger partial charge in [-0.15, -0.1) is 0 Å². The minimum Gasteiger partial charge on any atom is -0.208 e. The molecule has 0 atom stereocenters. The lowest BCUT2D eigenvalue weighted by Crippen LogP contribution is -2.14. The van der Waals surface area contributed by atoms with Crippen LogP contribution in [-0.4, -0.2) is 15.0 Å². The van der Waals surface area contributed by atoms with Gasteiger partial charge in [-0.25, -0.2) is 15.0 Å².